The number of likely N-dealkylation sites (tertiary alicyclic amines) is 1. The topological polar surface area (TPSA) is 78.9 Å². The molecule has 0 aromatic heterocycles. The summed E-state index contributed by atoms with van der Waals surface area (Å²) in [5, 5.41) is 12.4. The van der Waals surface area contributed by atoms with E-state index < -0.39 is 11.4 Å². The van der Waals surface area contributed by atoms with Gasteiger partial charge in [0.1, 0.15) is 0 Å². The number of ether oxygens (including phenoxy) is 1. The molecule has 6 nitrogen and oxygen atoms in total. The van der Waals surface area contributed by atoms with E-state index in [0.717, 1.165) is 12.8 Å². The van der Waals surface area contributed by atoms with Crippen LogP contribution in [0.2, 0.25) is 0 Å². The smallest absolute Gasteiger partial charge is 0.317 e. The van der Waals surface area contributed by atoms with Crippen molar-refractivity contribution in [2.75, 3.05) is 20.2 Å². The van der Waals surface area contributed by atoms with Crippen molar-refractivity contribution in [3.63, 3.8) is 0 Å². The van der Waals surface area contributed by atoms with Gasteiger partial charge in [-0.3, -0.25) is 4.79 Å². The van der Waals surface area contributed by atoms with Crippen LogP contribution in [0.1, 0.15) is 33.1 Å². The van der Waals surface area contributed by atoms with E-state index in [1.54, 1.807) is 12.0 Å². The summed E-state index contributed by atoms with van der Waals surface area (Å²) in [6, 6.07) is 0.0136. The van der Waals surface area contributed by atoms with E-state index in [2.05, 4.69) is 5.32 Å². The maximum Gasteiger partial charge on any atom is 0.317 e. The Morgan fingerprint density at radius 3 is 2.50 bits per heavy atom. The fourth-order valence-corrected chi connectivity index (χ4v) is 3.04. The van der Waals surface area contributed by atoms with E-state index >= 15 is 0 Å². The second kappa shape index (κ2) is 5.60. The monoisotopic (exact) mass is 284 g/mol. The van der Waals surface area contributed by atoms with Gasteiger partial charge in [0.25, 0.3) is 0 Å². The van der Waals surface area contributed by atoms with Gasteiger partial charge in [0, 0.05) is 26.2 Å². The van der Waals surface area contributed by atoms with Crippen molar-refractivity contribution in [3.05, 3.63) is 0 Å². The van der Waals surface area contributed by atoms with Gasteiger partial charge in [-0.2, -0.15) is 0 Å². The van der Waals surface area contributed by atoms with Crippen molar-refractivity contribution in [1.82, 2.24) is 10.2 Å². The zero-order chi connectivity index (χ0) is 14.9. The van der Waals surface area contributed by atoms with Crippen LogP contribution in [0.5, 0.6) is 0 Å². The Morgan fingerprint density at radius 1 is 1.40 bits per heavy atom. The number of carboxylic acid groups (broad SMARTS) is 1. The molecule has 1 atom stereocenters. The van der Waals surface area contributed by atoms with Crippen molar-refractivity contribution in [2.24, 2.45) is 11.3 Å². The molecule has 2 fully saturated rings. The van der Waals surface area contributed by atoms with Crippen LogP contribution in [-0.4, -0.2) is 54.4 Å². The van der Waals surface area contributed by atoms with Crippen molar-refractivity contribution < 1.29 is 19.4 Å². The first-order valence-corrected chi connectivity index (χ1v) is 7.20. The highest BCUT2D eigenvalue weighted by Gasteiger charge is 2.48. The fourth-order valence-electron chi connectivity index (χ4n) is 3.04. The number of hydrogen-bond donors (Lipinski definition) is 2. The standard InChI is InChI=1S/C14H24N2O4/c1-9(2)14(12(17)18)4-5-16(8-14)13(19)15-10-6-11(7-10)20-3/h9-11H,4-8H2,1-3H3,(H,15,19)(H,17,18). The number of amides is 2. The number of hydrogen-bond acceptors (Lipinski definition) is 3. The number of carbonyl (C=O) groups is 2. The van der Waals surface area contributed by atoms with E-state index in [-0.39, 0.29) is 24.1 Å². The molecule has 0 spiro atoms. The van der Waals surface area contributed by atoms with E-state index in [0.29, 0.717) is 19.5 Å². The van der Waals surface area contributed by atoms with E-state index in [9.17, 15) is 14.7 Å². The van der Waals surface area contributed by atoms with Crippen LogP contribution in [0.3, 0.4) is 0 Å². The first-order valence-electron chi connectivity index (χ1n) is 7.20. The third-order valence-corrected chi connectivity index (χ3v) is 4.87. The normalized spacial score (nSPS) is 33.1. The van der Waals surface area contributed by atoms with Crippen LogP contribution in [0.15, 0.2) is 0 Å². The third kappa shape index (κ3) is 2.61. The summed E-state index contributed by atoms with van der Waals surface area (Å²) in [6.45, 7) is 4.62. The molecule has 0 aromatic rings. The average molecular weight is 284 g/mol. The molecule has 2 N–H and O–H groups in total. The molecule has 0 radical (unpaired) electrons. The van der Waals surface area contributed by atoms with Crippen molar-refractivity contribution in [3.8, 4) is 0 Å². The minimum atomic E-state index is -0.800. The molecule has 6 heteroatoms. The summed E-state index contributed by atoms with van der Waals surface area (Å²) in [4.78, 5) is 25.3. The molecule has 1 heterocycles. The molecule has 2 amide bonds. The predicted molar refractivity (Wildman–Crippen MR) is 73.4 cm³/mol. The number of nitrogens with one attached hydrogen (secondary N) is 1. The molecule has 1 aliphatic heterocycles. The van der Waals surface area contributed by atoms with E-state index in [1.165, 1.54) is 0 Å². The lowest BCUT2D eigenvalue weighted by Gasteiger charge is -2.36. The highest BCUT2D eigenvalue weighted by molar-refractivity contribution is 5.80. The van der Waals surface area contributed by atoms with Crippen LogP contribution in [-0.2, 0) is 9.53 Å². The molecule has 2 aliphatic rings. The first-order chi connectivity index (χ1) is 9.39. The predicted octanol–water partition coefficient (Wildman–Crippen LogP) is 1.31. The van der Waals surface area contributed by atoms with Gasteiger partial charge in [-0.25, -0.2) is 4.79 Å². The van der Waals surface area contributed by atoms with Crippen molar-refractivity contribution in [1.29, 1.82) is 0 Å². The number of carboxylic acids is 1. The van der Waals surface area contributed by atoms with Crippen LogP contribution < -0.4 is 5.32 Å². The lowest BCUT2D eigenvalue weighted by molar-refractivity contribution is -0.150. The molecule has 1 saturated carbocycles. The van der Waals surface area contributed by atoms with Gasteiger partial charge >= 0.3 is 12.0 Å². The largest absolute Gasteiger partial charge is 0.481 e. The summed E-state index contributed by atoms with van der Waals surface area (Å²) >= 11 is 0. The Balaban J connectivity index is 1.89. The second-order valence-electron chi connectivity index (χ2n) is 6.26. The molecule has 114 valence electrons. The van der Waals surface area contributed by atoms with Crippen LogP contribution >= 0.6 is 0 Å². The Hall–Kier alpha value is -1.30. The summed E-state index contributed by atoms with van der Waals surface area (Å²) in [6.07, 6.45) is 2.45. The quantitative estimate of drug-likeness (QED) is 0.815. The lowest BCUT2D eigenvalue weighted by Crippen LogP contribution is -2.52. The minimum Gasteiger partial charge on any atom is -0.481 e. The maximum atomic E-state index is 12.2. The number of urea groups is 1. The zero-order valence-electron chi connectivity index (χ0n) is 12.4. The van der Waals surface area contributed by atoms with Crippen LogP contribution in [0.25, 0.3) is 0 Å². The molecule has 1 aliphatic carbocycles. The Kier molecular flexibility index (Phi) is 4.22. The zero-order valence-corrected chi connectivity index (χ0v) is 12.4. The van der Waals surface area contributed by atoms with Crippen LogP contribution in [0, 0.1) is 11.3 Å². The van der Waals surface area contributed by atoms with Gasteiger partial charge in [0.05, 0.1) is 11.5 Å². The Morgan fingerprint density at radius 2 is 2.05 bits per heavy atom. The lowest BCUT2D eigenvalue weighted by atomic mass is 9.76. The van der Waals surface area contributed by atoms with Gasteiger partial charge in [-0.15, -0.1) is 0 Å². The Bertz CT molecular complexity index is 393. The SMILES string of the molecule is COC1CC(NC(=O)N2CCC(C(=O)O)(C(C)C)C2)C1. The van der Waals surface area contributed by atoms with E-state index in [1.807, 2.05) is 13.8 Å². The molecular weight excluding hydrogens is 260 g/mol. The highest BCUT2D eigenvalue weighted by Crippen LogP contribution is 2.38. The first kappa shape index (κ1) is 15.1. The fraction of sp³-hybridized carbons (Fsp3) is 0.857. The molecule has 1 unspecified atom stereocenters. The van der Waals surface area contributed by atoms with Gasteiger partial charge < -0.3 is 20.1 Å². The van der Waals surface area contributed by atoms with Gasteiger partial charge in [-0.1, -0.05) is 13.8 Å². The summed E-state index contributed by atoms with van der Waals surface area (Å²) in [5.41, 5.74) is -0.800. The molecule has 0 aromatic carbocycles. The number of aliphatic carboxylic acids is 1. The minimum absolute atomic E-state index is 0.0133. The van der Waals surface area contributed by atoms with E-state index in [4.69, 9.17) is 4.74 Å². The van der Waals surface area contributed by atoms with Gasteiger partial charge in [0.15, 0.2) is 0 Å². The number of carbonyl (C=O) groups excluding carboxylic acids is 1. The average Bonchev–Trinajstić information content (AvgIpc) is 2.79. The highest BCUT2D eigenvalue weighted by atomic mass is 16.5. The number of methoxy groups -OCH3 is 1. The van der Waals surface area contributed by atoms with Gasteiger partial charge in [0.2, 0.25) is 0 Å². The van der Waals surface area contributed by atoms with Crippen LogP contribution in [0.4, 0.5) is 4.79 Å². The molecule has 0 bridgehead atoms. The summed E-state index contributed by atoms with van der Waals surface area (Å²) in [7, 11) is 1.67. The van der Waals surface area contributed by atoms with Crippen molar-refractivity contribution in [2.45, 2.75) is 45.3 Å². The third-order valence-electron chi connectivity index (χ3n) is 4.87. The molecular formula is C14H24N2O4. The molecule has 2 rings (SSSR count). The maximum absolute atomic E-state index is 12.2. The second-order valence-corrected chi connectivity index (χ2v) is 6.26. The molecule has 1 saturated heterocycles. The van der Waals surface area contributed by atoms with Crippen molar-refractivity contribution >= 4 is 12.0 Å². The molecule has 20 heavy (non-hydrogen) atoms. The summed E-state index contributed by atoms with van der Waals surface area (Å²) < 4.78 is 5.18. The number of nitrogens with zero attached hydrogens (tertiary/aromatic N) is 1. The number of rotatable bonds is 4. The summed E-state index contributed by atoms with van der Waals surface area (Å²) in [5.74, 6) is -0.787. The Labute approximate surface area is 119 Å². The van der Waals surface area contributed by atoms with Gasteiger partial charge in [-0.05, 0) is 25.2 Å².